The lowest BCUT2D eigenvalue weighted by atomic mass is 10.0. The molecule has 1 aliphatic rings. The fourth-order valence-corrected chi connectivity index (χ4v) is 3.65. The van der Waals surface area contributed by atoms with Crippen molar-refractivity contribution in [3.8, 4) is 5.75 Å². The maximum Gasteiger partial charge on any atom is 0.140 e. The van der Waals surface area contributed by atoms with Crippen LogP contribution in [0, 0.1) is 19.8 Å². The number of hydrogen-bond acceptors (Lipinski definition) is 6. The molecule has 0 saturated carbocycles. The number of aliphatic hydroxyl groups is 1. The second-order valence-electron chi connectivity index (χ2n) is 7.40. The number of likely N-dealkylation sites (tertiary alicyclic amines) is 1. The van der Waals surface area contributed by atoms with Gasteiger partial charge in [0.15, 0.2) is 0 Å². The first-order chi connectivity index (χ1) is 12.5. The molecule has 26 heavy (non-hydrogen) atoms. The zero-order valence-corrected chi connectivity index (χ0v) is 16.1. The third-order valence-electron chi connectivity index (χ3n) is 5.27. The Morgan fingerprint density at radius 1 is 1.23 bits per heavy atom. The maximum absolute atomic E-state index is 9.60. The van der Waals surface area contributed by atoms with Crippen LogP contribution in [0.4, 0.5) is 0 Å². The van der Waals surface area contributed by atoms with Gasteiger partial charge in [-0.15, -0.1) is 0 Å². The number of hydrogen-bond donors (Lipinski definition) is 1. The van der Waals surface area contributed by atoms with Crippen molar-refractivity contribution in [2.75, 3.05) is 33.8 Å². The van der Waals surface area contributed by atoms with Gasteiger partial charge < -0.3 is 19.3 Å². The van der Waals surface area contributed by atoms with E-state index in [9.17, 15) is 5.11 Å². The molecule has 6 nitrogen and oxygen atoms in total. The Morgan fingerprint density at radius 2 is 1.96 bits per heavy atom. The average Bonchev–Trinajstić information content (AvgIpc) is 3.18. The Labute approximate surface area is 155 Å². The van der Waals surface area contributed by atoms with E-state index >= 15 is 0 Å². The highest BCUT2D eigenvalue weighted by Gasteiger charge is 2.33. The predicted molar refractivity (Wildman–Crippen MR) is 100 cm³/mol. The molecule has 0 unspecified atom stereocenters. The van der Waals surface area contributed by atoms with E-state index in [2.05, 4.69) is 41.2 Å². The number of aliphatic hydroxyl groups excluding tert-OH is 1. The van der Waals surface area contributed by atoms with Crippen LogP contribution in [0.15, 0.2) is 28.8 Å². The van der Waals surface area contributed by atoms with Crippen molar-refractivity contribution in [2.24, 2.45) is 5.92 Å². The van der Waals surface area contributed by atoms with Gasteiger partial charge in [-0.05, 0) is 45.6 Å². The predicted octanol–water partition coefficient (Wildman–Crippen LogP) is 2.22. The van der Waals surface area contributed by atoms with Crippen LogP contribution in [0.3, 0.4) is 0 Å². The zero-order valence-electron chi connectivity index (χ0n) is 16.1. The molecule has 0 aliphatic carbocycles. The molecule has 0 radical (unpaired) electrons. The second-order valence-corrected chi connectivity index (χ2v) is 7.40. The SMILES string of the molecule is Cc1noc(C)c1COc1ccc(CN2C[C@@H](CO)[C@H](N(C)C)C2)cc1. The first kappa shape index (κ1) is 18.9. The van der Waals surface area contributed by atoms with Crippen LogP contribution in [0.5, 0.6) is 5.75 Å². The number of nitrogens with zero attached hydrogens (tertiary/aromatic N) is 3. The van der Waals surface area contributed by atoms with E-state index in [4.69, 9.17) is 9.26 Å². The largest absolute Gasteiger partial charge is 0.489 e. The highest BCUT2D eigenvalue weighted by molar-refractivity contribution is 5.28. The molecular weight excluding hydrogens is 330 g/mol. The van der Waals surface area contributed by atoms with Crippen LogP contribution in [-0.4, -0.2) is 59.9 Å². The molecule has 1 fully saturated rings. The smallest absolute Gasteiger partial charge is 0.140 e. The van der Waals surface area contributed by atoms with Crippen molar-refractivity contribution >= 4 is 0 Å². The van der Waals surface area contributed by atoms with Crippen LogP contribution in [-0.2, 0) is 13.2 Å². The van der Waals surface area contributed by atoms with Crippen molar-refractivity contribution in [3.05, 3.63) is 46.8 Å². The summed E-state index contributed by atoms with van der Waals surface area (Å²) < 4.78 is 11.0. The highest BCUT2D eigenvalue weighted by Crippen LogP contribution is 2.23. The molecule has 1 aliphatic heterocycles. The molecular formula is C20H29N3O3. The first-order valence-corrected chi connectivity index (χ1v) is 9.11. The van der Waals surface area contributed by atoms with Gasteiger partial charge in [0.25, 0.3) is 0 Å². The van der Waals surface area contributed by atoms with Crippen molar-refractivity contribution in [1.82, 2.24) is 15.0 Å². The van der Waals surface area contributed by atoms with Crippen LogP contribution >= 0.6 is 0 Å². The molecule has 1 saturated heterocycles. The van der Waals surface area contributed by atoms with Crippen LogP contribution in [0.25, 0.3) is 0 Å². The van der Waals surface area contributed by atoms with Gasteiger partial charge in [-0.1, -0.05) is 17.3 Å². The third kappa shape index (κ3) is 4.26. The van der Waals surface area contributed by atoms with E-state index in [-0.39, 0.29) is 6.61 Å². The van der Waals surface area contributed by atoms with Crippen molar-refractivity contribution in [1.29, 1.82) is 0 Å². The molecule has 142 valence electrons. The summed E-state index contributed by atoms with van der Waals surface area (Å²) in [5, 5.41) is 13.6. The Morgan fingerprint density at radius 3 is 2.50 bits per heavy atom. The summed E-state index contributed by atoms with van der Waals surface area (Å²) >= 11 is 0. The molecule has 6 heteroatoms. The molecule has 3 rings (SSSR count). The monoisotopic (exact) mass is 359 g/mol. The second kappa shape index (κ2) is 8.20. The number of likely N-dealkylation sites (N-methyl/N-ethyl adjacent to an activating group) is 1. The fourth-order valence-electron chi connectivity index (χ4n) is 3.65. The summed E-state index contributed by atoms with van der Waals surface area (Å²) in [6.07, 6.45) is 0. The Bertz CT molecular complexity index is 692. The van der Waals surface area contributed by atoms with Crippen LogP contribution in [0.1, 0.15) is 22.6 Å². The Hall–Kier alpha value is -1.89. The first-order valence-electron chi connectivity index (χ1n) is 9.11. The summed E-state index contributed by atoms with van der Waals surface area (Å²) in [7, 11) is 4.17. The van der Waals surface area contributed by atoms with Gasteiger partial charge in [-0.2, -0.15) is 0 Å². The fraction of sp³-hybridized carbons (Fsp3) is 0.550. The third-order valence-corrected chi connectivity index (χ3v) is 5.27. The van der Waals surface area contributed by atoms with E-state index in [1.54, 1.807) is 0 Å². The molecule has 0 amide bonds. The molecule has 2 heterocycles. The minimum atomic E-state index is 0.244. The highest BCUT2D eigenvalue weighted by atomic mass is 16.5. The van der Waals surface area contributed by atoms with E-state index in [0.717, 1.165) is 42.4 Å². The Balaban J connectivity index is 1.55. The number of rotatable bonds is 7. The number of ether oxygens (including phenoxy) is 1. The standard InChI is InChI=1S/C20H29N3O3/c1-14-19(15(2)26-21-14)13-25-18-7-5-16(6-8-18)9-23-10-17(12-24)20(11-23)22(3)4/h5-8,17,20,24H,9-13H2,1-4H3/t17-,20+/m0/s1. The van der Waals surface area contributed by atoms with Crippen LogP contribution < -0.4 is 4.74 Å². The molecule has 1 aromatic heterocycles. The molecule has 1 N–H and O–H groups in total. The lowest BCUT2D eigenvalue weighted by molar-refractivity contribution is 0.167. The van der Waals surface area contributed by atoms with Gasteiger partial charge >= 0.3 is 0 Å². The van der Waals surface area contributed by atoms with Gasteiger partial charge in [0, 0.05) is 38.2 Å². The summed E-state index contributed by atoms with van der Waals surface area (Å²) in [5.74, 6) is 1.97. The maximum atomic E-state index is 9.60. The van der Waals surface area contributed by atoms with E-state index in [0.29, 0.717) is 18.6 Å². The van der Waals surface area contributed by atoms with Crippen LogP contribution in [0.2, 0.25) is 0 Å². The number of aryl methyl sites for hydroxylation is 2. The molecule has 0 spiro atoms. The summed E-state index contributed by atoms with van der Waals surface area (Å²) in [6, 6.07) is 8.66. The van der Waals surface area contributed by atoms with Gasteiger partial charge in [0.2, 0.25) is 0 Å². The van der Waals surface area contributed by atoms with Crippen molar-refractivity contribution in [2.45, 2.75) is 33.0 Å². The molecule has 2 atom stereocenters. The normalized spacial score (nSPS) is 20.8. The lowest BCUT2D eigenvalue weighted by Crippen LogP contribution is -2.36. The summed E-state index contributed by atoms with van der Waals surface area (Å²) in [5.41, 5.74) is 3.14. The average molecular weight is 359 g/mol. The van der Waals surface area contributed by atoms with Gasteiger partial charge in [0.05, 0.1) is 11.3 Å². The van der Waals surface area contributed by atoms with E-state index < -0.39 is 0 Å². The van der Waals surface area contributed by atoms with Crippen molar-refractivity contribution in [3.63, 3.8) is 0 Å². The number of aromatic nitrogens is 1. The van der Waals surface area contributed by atoms with Gasteiger partial charge in [0.1, 0.15) is 18.1 Å². The van der Waals surface area contributed by atoms with Crippen molar-refractivity contribution < 1.29 is 14.4 Å². The summed E-state index contributed by atoms with van der Waals surface area (Å²) in [4.78, 5) is 4.62. The van der Waals surface area contributed by atoms with Gasteiger partial charge in [-0.25, -0.2) is 0 Å². The van der Waals surface area contributed by atoms with Gasteiger partial charge in [-0.3, -0.25) is 4.90 Å². The topological polar surface area (TPSA) is 62.0 Å². The Kier molecular flexibility index (Phi) is 5.96. The minimum absolute atomic E-state index is 0.244. The minimum Gasteiger partial charge on any atom is -0.489 e. The molecule has 2 aromatic rings. The molecule has 1 aromatic carbocycles. The number of benzene rings is 1. The molecule has 0 bridgehead atoms. The summed E-state index contributed by atoms with van der Waals surface area (Å²) in [6.45, 7) is 7.35. The van der Waals surface area contributed by atoms with E-state index in [1.165, 1.54) is 5.56 Å². The van der Waals surface area contributed by atoms with E-state index in [1.807, 2.05) is 26.0 Å². The quantitative estimate of drug-likeness (QED) is 0.818. The lowest BCUT2D eigenvalue weighted by Gasteiger charge is -2.23. The zero-order chi connectivity index (χ0) is 18.7.